The van der Waals surface area contributed by atoms with Crippen LogP contribution in [-0.2, 0) is 0 Å². The number of rotatable bonds is 3. The van der Waals surface area contributed by atoms with Crippen molar-refractivity contribution >= 4 is 17.5 Å². The summed E-state index contributed by atoms with van der Waals surface area (Å²) in [5.74, 6) is 0.880. The molecule has 0 unspecified atom stereocenters. The molecule has 0 aliphatic heterocycles. The topological polar surface area (TPSA) is 97.6 Å². The third kappa shape index (κ3) is 3.49. The molecule has 2 aromatic heterocycles. The summed E-state index contributed by atoms with van der Waals surface area (Å²) in [7, 11) is 0. The number of aromatic nitrogens is 5. The van der Waals surface area contributed by atoms with Gasteiger partial charge in [-0.1, -0.05) is 6.07 Å². The molecule has 0 aliphatic rings. The molecule has 2 N–H and O–H groups in total. The van der Waals surface area contributed by atoms with Crippen molar-refractivity contribution in [3.8, 4) is 5.82 Å². The minimum Gasteiger partial charge on any atom is -0.308 e. The zero-order valence-electron chi connectivity index (χ0n) is 12.7. The summed E-state index contributed by atoms with van der Waals surface area (Å²) < 4.78 is 1.48. The normalized spacial score (nSPS) is 10.3. The van der Waals surface area contributed by atoms with Crippen LogP contribution in [0.4, 0.5) is 16.3 Å². The van der Waals surface area contributed by atoms with E-state index < -0.39 is 0 Å². The van der Waals surface area contributed by atoms with Gasteiger partial charge in [0.05, 0.1) is 0 Å². The van der Waals surface area contributed by atoms with Crippen LogP contribution in [0.1, 0.15) is 11.1 Å². The van der Waals surface area contributed by atoms with E-state index in [4.69, 9.17) is 0 Å². The highest BCUT2D eigenvalue weighted by molar-refractivity contribution is 5.99. The van der Waals surface area contributed by atoms with E-state index in [0.717, 1.165) is 11.3 Å². The van der Waals surface area contributed by atoms with Crippen molar-refractivity contribution in [1.82, 2.24) is 24.7 Å². The second-order valence-corrected chi connectivity index (χ2v) is 4.98. The lowest BCUT2D eigenvalue weighted by molar-refractivity contribution is 0.262. The largest absolute Gasteiger partial charge is 0.324 e. The van der Waals surface area contributed by atoms with Crippen LogP contribution in [0, 0.1) is 13.8 Å². The summed E-state index contributed by atoms with van der Waals surface area (Å²) in [6.45, 7) is 4.01. The molecule has 3 aromatic rings. The molecule has 2 amide bonds. The molecule has 3 rings (SSSR count). The molecule has 1 aromatic carbocycles. The predicted octanol–water partition coefficient (Wildman–Crippen LogP) is 2.32. The molecular weight excluding hydrogens is 294 g/mol. The number of nitrogens with zero attached hydrogens (tertiary/aromatic N) is 5. The Morgan fingerprint density at radius 1 is 1.04 bits per heavy atom. The van der Waals surface area contributed by atoms with Gasteiger partial charge < -0.3 is 5.32 Å². The van der Waals surface area contributed by atoms with E-state index in [-0.39, 0.29) is 6.03 Å². The molecule has 8 heteroatoms. The summed E-state index contributed by atoms with van der Waals surface area (Å²) in [5, 5.41) is 9.41. The SMILES string of the molecule is Cc1ccc(NC(=O)Nc2cc(-n3cncn3)ncn2)cc1C. The average Bonchev–Trinajstić information content (AvgIpc) is 3.05. The van der Waals surface area contributed by atoms with Crippen LogP contribution in [-0.4, -0.2) is 30.8 Å². The van der Waals surface area contributed by atoms with Crippen molar-refractivity contribution in [2.45, 2.75) is 13.8 Å². The average molecular weight is 309 g/mol. The maximum atomic E-state index is 12.1. The van der Waals surface area contributed by atoms with Gasteiger partial charge in [0.1, 0.15) is 24.8 Å². The Morgan fingerprint density at radius 3 is 2.65 bits per heavy atom. The monoisotopic (exact) mass is 309 g/mol. The lowest BCUT2D eigenvalue weighted by Crippen LogP contribution is -2.20. The van der Waals surface area contributed by atoms with E-state index in [1.54, 1.807) is 6.07 Å². The standard InChI is InChI=1S/C15H15N7O/c1-10-3-4-12(5-11(10)2)20-15(23)21-13-6-14(18-8-17-13)22-9-16-7-19-22/h3-9H,1-2H3,(H2,17,18,20,21,23). The number of nitrogens with one attached hydrogen (secondary N) is 2. The van der Waals surface area contributed by atoms with Crippen molar-refractivity contribution < 1.29 is 4.79 Å². The Labute approximate surface area is 132 Å². The molecule has 0 spiro atoms. The summed E-state index contributed by atoms with van der Waals surface area (Å²) >= 11 is 0. The molecule has 0 saturated heterocycles. The quantitative estimate of drug-likeness (QED) is 0.773. The maximum Gasteiger partial charge on any atom is 0.324 e. The Bertz CT molecular complexity index is 830. The Kier molecular flexibility index (Phi) is 3.96. The lowest BCUT2D eigenvalue weighted by atomic mass is 10.1. The number of carbonyl (C=O) groups excluding carboxylic acids is 1. The fourth-order valence-electron chi connectivity index (χ4n) is 1.97. The molecule has 2 heterocycles. The maximum absolute atomic E-state index is 12.1. The van der Waals surface area contributed by atoms with Gasteiger partial charge in [0.2, 0.25) is 0 Å². The van der Waals surface area contributed by atoms with Gasteiger partial charge in [-0.25, -0.2) is 24.4 Å². The minimum absolute atomic E-state index is 0.367. The van der Waals surface area contributed by atoms with Gasteiger partial charge in [0.25, 0.3) is 0 Å². The Balaban J connectivity index is 1.70. The zero-order chi connectivity index (χ0) is 16.2. The molecule has 8 nitrogen and oxygen atoms in total. The number of amides is 2. The van der Waals surface area contributed by atoms with Gasteiger partial charge in [-0.15, -0.1) is 0 Å². The molecule has 0 saturated carbocycles. The fourth-order valence-corrected chi connectivity index (χ4v) is 1.97. The van der Waals surface area contributed by atoms with Crippen molar-refractivity contribution in [3.63, 3.8) is 0 Å². The van der Waals surface area contributed by atoms with Crippen LogP contribution in [0.2, 0.25) is 0 Å². The number of urea groups is 1. The van der Waals surface area contributed by atoms with Crippen LogP contribution in [0.3, 0.4) is 0 Å². The molecule has 0 atom stereocenters. The summed E-state index contributed by atoms with van der Waals surface area (Å²) in [6, 6.07) is 6.95. The molecule has 23 heavy (non-hydrogen) atoms. The van der Waals surface area contributed by atoms with E-state index in [9.17, 15) is 4.79 Å². The van der Waals surface area contributed by atoms with E-state index in [1.165, 1.54) is 29.2 Å². The minimum atomic E-state index is -0.378. The number of carbonyl (C=O) groups is 1. The highest BCUT2D eigenvalue weighted by atomic mass is 16.2. The number of hydrogen-bond donors (Lipinski definition) is 2. The molecule has 0 bridgehead atoms. The Hall–Kier alpha value is -3.29. The first kappa shape index (κ1) is 14.6. The first-order valence-corrected chi connectivity index (χ1v) is 6.94. The third-order valence-corrected chi connectivity index (χ3v) is 3.31. The van der Waals surface area contributed by atoms with Gasteiger partial charge in [0, 0.05) is 11.8 Å². The first-order valence-electron chi connectivity index (χ1n) is 6.94. The summed E-state index contributed by atoms with van der Waals surface area (Å²) in [4.78, 5) is 24.0. The summed E-state index contributed by atoms with van der Waals surface area (Å²) in [5.41, 5.74) is 3.00. The van der Waals surface area contributed by atoms with E-state index in [2.05, 4.69) is 30.7 Å². The van der Waals surface area contributed by atoms with Crippen LogP contribution in [0.15, 0.2) is 43.2 Å². The third-order valence-electron chi connectivity index (χ3n) is 3.31. The Morgan fingerprint density at radius 2 is 1.91 bits per heavy atom. The second kappa shape index (κ2) is 6.22. The van der Waals surface area contributed by atoms with Gasteiger partial charge in [-0.05, 0) is 37.1 Å². The van der Waals surface area contributed by atoms with E-state index in [0.29, 0.717) is 11.6 Å². The highest BCUT2D eigenvalue weighted by Crippen LogP contribution is 2.14. The van der Waals surface area contributed by atoms with Crippen LogP contribution >= 0.6 is 0 Å². The van der Waals surface area contributed by atoms with E-state index in [1.807, 2.05) is 32.0 Å². The lowest BCUT2D eigenvalue weighted by Gasteiger charge is -2.09. The number of hydrogen-bond acceptors (Lipinski definition) is 5. The van der Waals surface area contributed by atoms with Gasteiger partial charge in [0.15, 0.2) is 5.82 Å². The first-order chi connectivity index (χ1) is 11.1. The van der Waals surface area contributed by atoms with E-state index >= 15 is 0 Å². The van der Waals surface area contributed by atoms with Crippen LogP contribution in [0.25, 0.3) is 5.82 Å². The van der Waals surface area contributed by atoms with Crippen molar-refractivity contribution in [2.24, 2.45) is 0 Å². The fraction of sp³-hybridized carbons (Fsp3) is 0.133. The molecule has 0 aliphatic carbocycles. The molecule has 116 valence electrons. The number of anilines is 2. The predicted molar refractivity (Wildman–Crippen MR) is 85.5 cm³/mol. The van der Waals surface area contributed by atoms with Crippen molar-refractivity contribution in [3.05, 3.63) is 54.4 Å². The smallest absolute Gasteiger partial charge is 0.308 e. The highest BCUT2D eigenvalue weighted by Gasteiger charge is 2.07. The molecule has 0 radical (unpaired) electrons. The number of benzene rings is 1. The van der Waals surface area contributed by atoms with Crippen LogP contribution in [0.5, 0.6) is 0 Å². The van der Waals surface area contributed by atoms with Crippen molar-refractivity contribution in [2.75, 3.05) is 10.6 Å². The van der Waals surface area contributed by atoms with Crippen LogP contribution < -0.4 is 10.6 Å². The second-order valence-electron chi connectivity index (χ2n) is 4.98. The zero-order valence-corrected chi connectivity index (χ0v) is 12.7. The van der Waals surface area contributed by atoms with Gasteiger partial charge >= 0.3 is 6.03 Å². The van der Waals surface area contributed by atoms with Crippen molar-refractivity contribution in [1.29, 1.82) is 0 Å². The summed E-state index contributed by atoms with van der Waals surface area (Å²) in [6.07, 6.45) is 4.27. The molecule has 0 fully saturated rings. The van der Waals surface area contributed by atoms with Gasteiger partial charge in [-0.3, -0.25) is 5.32 Å². The number of aryl methyl sites for hydroxylation is 2. The molecular formula is C15H15N7O. The van der Waals surface area contributed by atoms with Gasteiger partial charge in [-0.2, -0.15) is 5.10 Å².